The molecule has 4 heteroatoms. The van der Waals surface area contributed by atoms with Crippen LogP contribution >= 0.6 is 0 Å². The average Bonchev–Trinajstić information content (AvgIpc) is 3.00. The summed E-state index contributed by atoms with van der Waals surface area (Å²) in [6, 6.07) is 13.7. The number of phenolic OH excluding ortho intramolecular Hbond substituents is 1. The van der Waals surface area contributed by atoms with E-state index in [2.05, 4.69) is 16.9 Å². The van der Waals surface area contributed by atoms with Crippen LogP contribution in [0.3, 0.4) is 0 Å². The molecule has 0 amide bonds. The van der Waals surface area contributed by atoms with Gasteiger partial charge in [0, 0.05) is 5.56 Å². The second-order valence-electron chi connectivity index (χ2n) is 5.35. The van der Waals surface area contributed by atoms with Gasteiger partial charge in [-0.05, 0) is 49.8 Å². The molecule has 1 atom stereocenters. The van der Waals surface area contributed by atoms with E-state index in [1.54, 1.807) is 6.07 Å². The molecule has 1 aliphatic heterocycles. The molecule has 2 aromatic rings. The number of phenols is 1. The van der Waals surface area contributed by atoms with Gasteiger partial charge in [0.25, 0.3) is 0 Å². The van der Waals surface area contributed by atoms with Crippen LogP contribution in [0.1, 0.15) is 29.7 Å². The fourth-order valence-electron chi connectivity index (χ4n) is 2.55. The fourth-order valence-corrected chi connectivity index (χ4v) is 2.55. The summed E-state index contributed by atoms with van der Waals surface area (Å²) in [7, 11) is 0. The van der Waals surface area contributed by atoms with Gasteiger partial charge in [0.15, 0.2) is 0 Å². The zero-order chi connectivity index (χ0) is 15.5. The van der Waals surface area contributed by atoms with Crippen LogP contribution in [0.5, 0.6) is 11.5 Å². The Morgan fingerprint density at radius 3 is 2.64 bits per heavy atom. The van der Waals surface area contributed by atoms with Crippen molar-refractivity contribution >= 4 is 5.70 Å². The quantitative estimate of drug-likeness (QED) is 0.810. The van der Waals surface area contributed by atoms with Crippen LogP contribution in [-0.4, -0.2) is 11.7 Å². The second kappa shape index (κ2) is 6.12. The third-order valence-electron chi connectivity index (χ3n) is 3.69. The summed E-state index contributed by atoms with van der Waals surface area (Å²) in [5, 5.41) is 10.0. The van der Waals surface area contributed by atoms with Gasteiger partial charge in [-0.3, -0.25) is 0 Å². The highest BCUT2D eigenvalue weighted by Gasteiger charge is 2.19. The first-order valence-electron chi connectivity index (χ1n) is 7.43. The third kappa shape index (κ3) is 2.92. The highest BCUT2D eigenvalue weighted by molar-refractivity contribution is 5.71. The summed E-state index contributed by atoms with van der Waals surface area (Å²) in [6.45, 7) is 4.65. The largest absolute Gasteiger partial charge is 0.507 e. The zero-order valence-corrected chi connectivity index (χ0v) is 12.8. The van der Waals surface area contributed by atoms with Crippen LogP contribution < -0.4 is 15.6 Å². The smallest absolute Gasteiger partial charge is 0.124 e. The highest BCUT2D eigenvalue weighted by atomic mass is 16.5. The molecule has 4 nitrogen and oxygen atoms in total. The summed E-state index contributed by atoms with van der Waals surface area (Å²) >= 11 is 0. The molecule has 0 radical (unpaired) electrons. The third-order valence-corrected chi connectivity index (χ3v) is 3.69. The Labute approximate surface area is 130 Å². The van der Waals surface area contributed by atoms with Crippen molar-refractivity contribution in [2.75, 3.05) is 6.61 Å². The lowest BCUT2D eigenvalue weighted by Gasteiger charge is -2.10. The van der Waals surface area contributed by atoms with Gasteiger partial charge in [-0.2, -0.15) is 0 Å². The van der Waals surface area contributed by atoms with Crippen molar-refractivity contribution in [2.24, 2.45) is 0 Å². The Morgan fingerprint density at radius 1 is 1.14 bits per heavy atom. The molecule has 3 N–H and O–H groups in total. The number of hydrazine groups is 1. The van der Waals surface area contributed by atoms with E-state index < -0.39 is 0 Å². The normalized spacial score (nSPS) is 17.0. The number of hydrogen-bond acceptors (Lipinski definition) is 4. The molecular formula is C18H20N2O2. The summed E-state index contributed by atoms with van der Waals surface area (Å²) < 4.78 is 5.46. The number of nitrogens with one attached hydrogen (secondary N) is 2. The maximum absolute atomic E-state index is 10.0. The number of aromatic hydroxyl groups is 1. The Hall–Kier alpha value is -2.46. The van der Waals surface area contributed by atoms with Crippen molar-refractivity contribution in [1.82, 2.24) is 10.9 Å². The van der Waals surface area contributed by atoms with E-state index in [1.165, 1.54) is 0 Å². The molecule has 1 aliphatic rings. The lowest BCUT2D eigenvalue weighted by molar-refractivity contribution is 0.340. The Bertz CT molecular complexity index is 693. The molecule has 0 unspecified atom stereocenters. The van der Waals surface area contributed by atoms with Crippen molar-refractivity contribution in [3.63, 3.8) is 0 Å². The van der Waals surface area contributed by atoms with Gasteiger partial charge >= 0.3 is 0 Å². The minimum absolute atomic E-state index is 0.0607. The number of hydrogen-bond donors (Lipinski definition) is 3. The van der Waals surface area contributed by atoms with Crippen LogP contribution in [0, 0.1) is 6.92 Å². The zero-order valence-electron chi connectivity index (χ0n) is 12.8. The van der Waals surface area contributed by atoms with Crippen molar-refractivity contribution in [2.45, 2.75) is 19.9 Å². The summed E-state index contributed by atoms with van der Waals surface area (Å²) in [6.07, 6.45) is 2.07. The lowest BCUT2D eigenvalue weighted by Crippen LogP contribution is -2.26. The number of ether oxygens (including phenoxy) is 1. The SMILES string of the molecule is CCOc1ccc([C@@H]2C=C(c3cc(C)ccc3O)NN2)cc1. The first-order valence-corrected chi connectivity index (χ1v) is 7.43. The maximum atomic E-state index is 10.0. The Kier molecular flexibility index (Phi) is 4.02. The average molecular weight is 296 g/mol. The van der Waals surface area contributed by atoms with Crippen LogP contribution in [-0.2, 0) is 0 Å². The molecule has 0 aromatic heterocycles. The molecule has 1 heterocycles. The first-order chi connectivity index (χ1) is 10.7. The molecule has 3 rings (SSSR count). The van der Waals surface area contributed by atoms with E-state index in [-0.39, 0.29) is 11.8 Å². The minimum atomic E-state index is 0.0607. The second-order valence-corrected chi connectivity index (χ2v) is 5.35. The molecule has 0 saturated carbocycles. The highest BCUT2D eigenvalue weighted by Crippen LogP contribution is 2.30. The predicted molar refractivity (Wildman–Crippen MR) is 87.4 cm³/mol. The fraction of sp³-hybridized carbons (Fsp3) is 0.222. The number of benzene rings is 2. The number of aryl methyl sites for hydroxylation is 1. The Balaban J connectivity index is 1.83. The molecule has 0 aliphatic carbocycles. The van der Waals surface area contributed by atoms with Crippen molar-refractivity contribution in [3.8, 4) is 11.5 Å². The van der Waals surface area contributed by atoms with Gasteiger partial charge in [0.1, 0.15) is 11.5 Å². The summed E-state index contributed by atoms with van der Waals surface area (Å²) in [5.41, 5.74) is 10.3. The van der Waals surface area contributed by atoms with E-state index in [4.69, 9.17) is 4.74 Å². The molecule has 0 bridgehead atoms. The van der Waals surface area contributed by atoms with Gasteiger partial charge < -0.3 is 15.3 Å². The molecule has 0 saturated heterocycles. The van der Waals surface area contributed by atoms with Crippen LogP contribution in [0.2, 0.25) is 0 Å². The molecular weight excluding hydrogens is 276 g/mol. The van der Waals surface area contributed by atoms with Crippen LogP contribution in [0.4, 0.5) is 0 Å². The van der Waals surface area contributed by atoms with E-state index >= 15 is 0 Å². The van der Waals surface area contributed by atoms with E-state index in [9.17, 15) is 5.11 Å². The van der Waals surface area contributed by atoms with E-state index in [0.717, 1.165) is 28.1 Å². The number of rotatable bonds is 4. The van der Waals surface area contributed by atoms with Gasteiger partial charge in [-0.25, -0.2) is 5.43 Å². The van der Waals surface area contributed by atoms with Crippen LogP contribution in [0.15, 0.2) is 48.5 Å². The lowest BCUT2D eigenvalue weighted by atomic mass is 10.0. The van der Waals surface area contributed by atoms with Crippen LogP contribution in [0.25, 0.3) is 5.70 Å². The maximum Gasteiger partial charge on any atom is 0.124 e. The molecule has 114 valence electrons. The predicted octanol–water partition coefficient (Wildman–Crippen LogP) is 3.29. The van der Waals surface area contributed by atoms with Crippen molar-refractivity contribution in [1.29, 1.82) is 0 Å². The summed E-state index contributed by atoms with van der Waals surface area (Å²) in [4.78, 5) is 0. The standard InChI is InChI=1S/C18H20N2O2/c1-3-22-14-7-5-13(6-8-14)16-11-17(20-19-16)15-10-12(2)4-9-18(15)21/h4-11,16,19-21H,3H2,1-2H3/t16-/m0/s1. The van der Waals surface area contributed by atoms with E-state index in [0.29, 0.717) is 6.61 Å². The topological polar surface area (TPSA) is 53.5 Å². The molecule has 0 fully saturated rings. The van der Waals surface area contributed by atoms with Gasteiger partial charge in [-0.1, -0.05) is 23.8 Å². The molecule has 0 spiro atoms. The molecule has 22 heavy (non-hydrogen) atoms. The van der Waals surface area contributed by atoms with Crippen molar-refractivity contribution in [3.05, 3.63) is 65.2 Å². The van der Waals surface area contributed by atoms with Gasteiger partial charge in [0.2, 0.25) is 0 Å². The minimum Gasteiger partial charge on any atom is -0.507 e. The molecule has 2 aromatic carbocycles. The van der Waals surface area contributed by atoms with Crippen molar-refractivity contribution < 1.29 is 9.84 Å². The van der Waals surface area contributed by atoms with Gasteiger partial charge in [-0.15, -0.1) is 0 Å². The van der Waals surface area contributed by atoms with E-state index in [1.807, 2.05) is 50.2 Å². The first kappa shape index (κ1) is 14.5. The summed E-state index contributed by atoms with van der Waals surface area (Å²) in [5.74, 6) is 1.15. The van der Waals surface area contributed by atoms with Gasteiger partial charge in [0.05, 0.1) is 18.3 Å². The monoisotopic (exact) mass is 296 g/mol. The Morgan fingerprint density at radius 2 is 1.91 bits per heavy atom.